The number of hydrogen-bond acceptors (Lipinski definition) is 4. The van der Waals surface area contributed by atoms with Crippen LogP contribution < -0.4 is 9.80 Å². The number of imide groups is 2. The van der Waals surface area contributed by atoms with E-state index in [4.69, 9.17) is 0 Å². The van der Waals surface area contributed by atoms with Gasteiger partial charge in [0.15, 0.2) is 0 Å². The van der Waals surface area contributed by atoms with Gasteiger partial charge >= 0.3 is 0 Å². The van der Waals surface area contributed by atoms with Crippen LogP contribution in [0.1, 0.15) is 25.0 Å². The quantitative estimate of drug-likeness (QED) is 0.758. The minimum Gasteiger partial charge on any atom is -0.269 e. The third-order valence-corrected chi connectivity index (χ3v) is 5.05. The van der Waals surface area contributed by atoms with E-state index in [1.807, 2.05) is 24.3 Å². The zero-order valence-corrected chi connectivity index (χ0v) is 16.0. The number of carbonyl (C=O) groups excluding carboxylic acids is 4. The van der Waals surface area contributed by atoms with Crippen LogP contribution in [0.3, 0.4) is 0 Å². The molecule has 6 nitrogen and oxygen atoms in total. The second-order valence-corrected chi connectivity index (χ2v) is 7.05. The van der Waals surface area contributed by atoms with Crippen LogP contribution in [-0.4, -0.2) is 23.6 Å². The molecule has 0 atom stereocenters. The van der Waals surface area contributed by atoms with Crippen molar-refractivity contribution in [2.45, 2.75) is 20.3 Å². The molecule has 2 heterocycles. The third kappa shape index (κ3) is 3.08. The van der Waals surface area contributed by atoms with Crippen molar-refractivity contribution in [2.24, 2.45) is 0 Å². The molecule has 4 rings (SSSR count). The summed E-state index contributed by atoms with van der Waals surface area (Å²) in [7, 11) is 0. The minimum absolute atomic E-state index is 0.346. The minimum atomic E-state index is -0.377. The van der Waals surface area contributed by atoms with E-state index in [0.717, 1.165) is 20.9 Å². The van der Waals surface area contributed by atoms with Crippen LogP contribution in [0.15, 0.2) is 71.8 Å². The molecule has 0 radical (unpaired) electrons. The van der Waals surface area contributed by atoms with E-state index in [-0.39, 0.29) is 23.6 Å². The molecule has 0 saturated heterocycles. The number of benzene rings is 2. The van der Waals surface area contributed by atoms with Gasteiger partial charge in [-0.05, 0) is 37.1 Å². The van der Waals surface area contributed by atoms with Gasteiger partial charge in [0, 0.05) is 29.7 Å². The summed E-state index contributed by atoms with van der Waals surface area (Å²) in [4.78, 5) is 51.9. The van der Waals surface area contributed by atoms with Crippen molar-refractivity contribution in [1.82, 2.24) is 0 Å². The molecule has 6 heteroatoms. The van der Waals surface area contributed by atoms with Crippen molar-refractivity contribution < 1.29 is 19.2 Å². The summed E-state index contributed by atoms with van der Waals surface area (Å²) < 4.78 is 0. The molecular weight excluding hydrogens is 368 g/mol. The SMILES string of the molecule is CC1=CC(=O)N(c2ccccc2Cc2ccccc2N2C(=O)C=C(C)C2=O)C1=O. The number of amides is 4. The molecule has 0 spiro atoms. The lowest BCUT2D eigenvalue weighted by Gasteiger charge is -2.21. The molecule has 0 bridgehead atoms. The highest BCUT2D eigenvalue weighted by Gasteiger charge is 2.33. The van der Waals surface area contributed by atoms with E-state index < -0.39 is 0 Å². The lowest BCUT2D eigenvalue weighted by Crippen LogP contribution is -2.32. The molecule has 2 aliphatic rings. The average Bonchev–Trinajstić information content (AvgIpc) is 3.10. The molecule has 0 N–H and O–H groups in total. The zero-order valence-electron chi connectivity index (χ0n) is 16.0. The number of hydrogen-bond donors (Lipinski definition) is 0. The second kappa shape index (κ2) is 6.98. The molecule has 29 heavy (non-hydrogen) atoms. The summed E-state index contributed by atoms with van der Waals surface area (Å²) in [5.74, 6) is -1.45. The largest absolute Gasteiger partial charge is 0.269 e. The molecule has 2 aromatic carbocycles. The van der Waals surface area contributed by atoms with Crippen LogP contribution in [0.25, 0.3) is 0 Å². The Morgan fingerprint density at radius 1 is 0.621 bits per heavy atom. The average molecular weight is 386 g/mol. The summed E-state index contributed by atoms with van der Waals surface area (Å²) in [5, 5.41) is 0. The number of para-hydroxylation sites is 2. The summed E-state index contributed by atoms with van der Waals surface area (Å²) in [5.41, 5.74) is 3.26. The smallest absolute Gasteiger partial charge is 0.261 e. The van der Waals surface area contributed by atoms with Gasteiger partial charge in [-0.1, -0.05) is 36.4 Å². The maximum Gasteiger partial charge on any atom is 0.261 e. The first-order valence-corrected chi connectivity index (χ1v) is 9.17. The molecule has 0 saturated carbocycles. The van der Waals surface area contributed by atoms with Gasteiger partial charge in [0.25, 0.3) is 23.6 Å². The van der Waals surface area contributed by atoms with Gasteiger partial charge in [0.1, 0.15) is 0 Å². The van der Waals surface area contributed by atoms with Gasteiger partial charge in [-0.2, -0.15) is 0 Å². The van der Waals surface area contributed by atoms with Crippen molar-refractivity contribution in [3.8, 4) is 0 Å². The van der Waals surface area contributed by atoms with Gasteiger partial charge in [0.05, 0.1) is 11.4 Å². The van der Waals surface area contributed by atoms with E-state index in [2.05, 4.69) is 0 Å². The maximum absolute atomic E-state index is 12.5. The van der Waals surface area contributed by atoms with Crippen LogP contribution in [0.5, 0.6) is 0 Å². The van der Waals surface area contributed by atoms with Crippen molar-refractivity contribution in [1.29, 1.82) is 0 Å². The lowest BCUT2D eigenvalue weighted by molar-refractivity contribution is -0.121. The third-order valence-electron chi connectivity index (χ3n) is 5.05. The summed E-state index contributed by atoms with van der Waals surface area (Å²) in [6.07, 6.45) is 2.99. The highest BCUT2D eigenvalue weighted by molar-refractivity contribution is 6.31. The van der Waals surface area contributed by atoms with E-state index >= 15 is 0 Å². The number of nitrogens with zero attached hydrogens (tertiary/aromatic N) is 2. The highest BCUT2D eigenvalue weighted by Crippen LogP contribution is 2.32. The van der Waals surface area contributed by atoms with E-state index in [1.165, 1.54) is 12.2 Å². The number of anilines is 2. The molecule has 0 aromatic heterocycles. The number of rotatable bonds is 4. The molecule has 2 aromatic rings. The van der Waals surface area contributed by atoms with E-state index in [9.17, 15) is 19.2 Å². The van der Waals surface area contributed by atoms with Crippen molar-refractivity contribution >= 4 is 35.0 Å². The first-order valence-electron chi connectivity index (χ1n) is 9.17. The lowest BCUT2D eigenvalue weighted by atomic mass is 10.00. The molecule has 0 unspecified atom stereocenters. The highest BCUT2D eigenvalue weighted by atomic mass is 16.2. The van der Waals surface area contributed by atoms with Crippen molar-refractivity contribution in [3.63, 3.8) is 0 Å². The predicted molar refractivity (Wildman–Crippen MR) is 108 cm³/mol. The van der Waals surface area contributed by atoms with Gasteiger partial charge in [-0.15, -0.1) is 0 Å². The second-order valence-electron chi connectivity index (χ2n) is 7.05. The fraction of sp³-hybridized carbons (Fsp3) is 0.130. The van der Waals surface area contributed by atoms with Crippen LogP contribution in [0.4, 0.5) is 11.4 Å². The standard InChI is InChI=1S/C23H18N2O4/c1-14-11-20(26)24(22(14)28)18-9-5-3-7-16(18)13-17-8-4-6-10-19(17)25-21(27)12-15(2)23(25)29/h3-12H,13H2,1-2H3. The van der Waals surface area contributed by atoms with Crippen molar-refractivity contribution in [2.75, 3.05) is 9.80 Å². The fourth-order valence-corrected chi connectivity index (χ4v) is 3.59. The van der Waals surface area contributed by atoms with Gasteiger partial charge in [-0.3, -0.25) is 19.2 Å². The monoisotopic (exact) mass is 386 g/mol. The predicted octanol–water partition coefficient (Wildman–Crippen LogP) is 2.92. The molecular formula is C23H18N2O4. The first kappa shape index (κ1) is 18.6. The van der Waals surface area contributed by atoms with E-state index in [1.54, 1.807) is 38.1 Å². The molecule has 0 aliphatic carbocycles. The Kier molecular flexibility index (Phi) is 4.47. The summed E-state index contributed by atoms with van der Waals surface area (Å²) in [6.45, 7) is 3.22. The number of carbonyl (C=O) groups is 4. The summed E-state index contributed by atoms with van der Waals surface area (Å²) >= 11 is 0. The molecule has 0 fully saturated rings. The fourth-order valence-electron chi connectivity index (χ4n) is 3.59. The Labute approximate surface area is 167 Å². The Bertz CT molecular complexity index is 1050. The topological polar surface area (TPSA) is 74.8 Å². The maximum atomic E-state index is 12.5. The van der Waals surface area contributed by atoms with Gasteiger partial charge in [0.2, 0.25) is 0 Å². The van der Waals surface area contributed by atoms with Crippen LogP contribution >= 0.6 is 0 Å². The van der Waals surface area contributed by atoms with Gasteiger partial charge < -0.3 is 0 Å². The molecule has 4 amide bonds. The van der Waals surface area contributed by atoms with Crippen LogP contribution in [0.2, 0.25) is 0 Å². The summed E-state index contributed by atoms with van der Waals surface area (Å²) in [6, 6.07) is 14.3. The van der Waals surface area contributed by atoms with Gasteiger partial charge in [-0.25, -0.2) is 9.80 Å². The Morgan fingerprint density at radius 2 is 1.00 bits per heavy atom. The normalized spacial score (nSPS) is 16.6. The molecule has 2 aliphatic heterocycles. The molecule has 144 valence electrons. The Morgan fingerprint density at radius 3 is 1.34 bits per heavy atom. The zero-order chi connectivity index (χ0) is 20.7. The Balaban J connectivity index is 1.73. The first-order chi connectivity index (χ1) is 13.9. The van der Waals surface area contributed by atoms with Crippen LogP contribution in [0, 0.1) is 0 Å². The Hall–Kier alpha value is -3.80. The van der Waals surface area contributed by atoms with E-state index in [0.29, 0.717) is 28.9 Å². The van der Waals surface area contributed by atoms with Crippen molar-refractivity contribution in [3.05, 3.63) is 83.0 Å². The van der Waals surface area contributed by atoms with Crippen LogP contribution in [-0.2, 0) is 25.6 Å².